The lowest BCUT2D eigenvalue weighted by Gasteiger charge is -2.34. The van der Waals surface area contributed by atoms with Gasteiger partial charge in [-0.05, 0) is 66.7 Å². The predicted molar refractivity (Wildman–Crippen MR) is 88.4 cm³/mol. The van der Waals surface area contributed by atoms with Crippen LogP contribution in [0, 0.1) is 0 Å². The van der Waals surface area contributed by atoms with Crippen LogP contribution >= 0.6 is 15.9 Å². The standard InChI is InChI=1S/C16H25BrN2O/c1-3-20-14-6-8-19(9-7-14)16-5-4-13(10-12(2)18)11-15(16)17/h4-5,11-12,14H,3,6-10,18H2,1-2H3. The number of nitrogens with zero attached hydrogens (tertiary/aromatic N) is 1. The first-order valence-electron chi connectivity index (χ1n) is 7.50. The third-order valence-electron chi connectivity index (χ3n) is 3.75. The van der Waals surface area contributed by atoms with E-state index in [1.54, 1.807) is 0 Å². The molecule has 1 saturated heterocycles. The first-order valence-corrected chi connectivity index (χ1v) is 8.30. The van der Waals surface area contributed by atoms with E-state index in [2.05, 4.69) is 46.0 Å². The Morgan fingerprint density at radius 2 is 2.10 bits per heavy atom. The predicted octanol–water partition coefficient (Wildman–Crippen LogP) is 3.34. The van der Waals surface area contributed by atoms with E-state index < -0.39 is 0 Å². The number of hydrogen-bond donors (Lipinski definition) is 1. The van der Waals surface area contributed by atoms with E-state index in [0.29, 0.717) is 6.10 Å². The molecule has 1 fully saturated rings. The monoisotopic (exact) mass is 340 g/mol. The topological polar surface area (TPSA) is 38.5 Å². The SMILES string of the molecule is CCOC1CCN(c2ccc(CC(C)N)cc2Br)CC1. The highest BCUT2D eigenvalue weighted by atomic mass is 79.9. The molecule has 0 aromatic heterocycles. The maximum atomic E-state index is 5.86. The van der Waals surface area contributed by atoms with Gasteiger partial charge < -0.3 is 15.4 Å². The molecule has 1 aromatic carbocycles. The third kappa shape index (κ3) is 4.21. The first kappa shape index (κ1) is 15.8. The Hall–Kier alpha value is -0.580. The highest BCUT2D eigenvalue weighted by Gasteiger charge is 2.20. The fourth-order valence-electron chi connectivity index (χ4n) is 2.80. The smallest absolute Gasteiger partial charge is 0.0608 e. The van der Waals surface area contributed by atoms with Crippen LogP contribution in [0.2, 0.25) is 0 Å². The average Bonchev–Trinajstić information content (AvgIpc) is 2.40. The number of halogens is 1. The van der Waals surface area contributed by atoms with Gasteiger partial charge in [0.25, 0.3) is 0 Å². The molecule has 0 spiro atoms. The molecule has 3 nitrogen and oxygen atoms in total. The van der Waals surface area contributed by atoms with Crippen LogP contribution in [-0.2, 0) is 11.2 Å². The molecule has 0 amide bonds. The minimum absolute atomic E-state index is 0.203. The molecule has 1 heterocycles. The normalized spacial score (nSPS) is 18.3. The van der Waals surface area contributed by atoms with Crippen molar-refractivity contribution in [2.24, 2.45) is 5.73 Å². The second kappa shape index (κ2) is 7.43. The molecule has 2 rings (SSSR count). The molecule has 0 radical (unpaired) electrons. The number of nitrogens with two attached hydrogens (primary N) is 1. The molecule has 2 N–H and O–H groups in total. The third-order valence-corrected chi connectivity index (χ3v) is 4.39. The van der Waals surface area contributed by atoms with E-state index in [-0.39, 0.29) is 6.04 Å². The van der Waals surface area contributed by atoms with Crippen molar-refractivity contribution < 1.29 is 4.74 Å². The van der Waals surface area contributed by atoms with Crippen molar-refractivity contribution in [3.63, 3.8) is 0 Å². The summed E-state index contributed by atoms with van der Waals surface area (Å²) in [5, 5.41) is 0. The lowest BCUT2D eigenvalue weighted by Crippen LogP contribution is -2.37. The van der Waals surface area contributed by atoms with Crippen LogP contribution in [0.15, 0.2) is 22.7 Å². The van der Waals surface area contributed by atoms with Crippen LogP contribution in [0.25, 0.3) is 0 Å². The largest absolute Gasteiger partial charge is 0.378 e. The zero-order valence-corrected chi connectivity index (χ0v) is 14.0. The van der Waals surface area contributed by atoms with Gasteiger partial charge in [0.2, 0.25) is 0 Å². The number of anilines is 1. The van der Waals surface area contributed by atoms with Crippen molar-refractivity contribution in [1.29, 1.82) is 0 Å². The Labute approximate surface area is 130 Å². The summed E-state index contributed by atoms with van der Waals surface area (Å²) in [4.78, 5) is 2.44. The van der Waals surface area contributed by atoms with Crippen molar-refractivity contribution in [2.45, 2.75) is 45.3 Å². The Morgan fingerprint density at radius 3 is 2.65 bits per heavy atom. The van der Waals surface area contributed by atoms with Gasteiger partial charge in [0.1, 0.15) is 0 Å². The summed E-state index contributed by atoms with van der Waals surface area (Å²) in [5.74, 6) is 0. The maximum Gasteiger partial charge on any atom is 0.0608 e. The van der Waals surface area contributed by atoms with Gasteiger partial charge in [0.05, 0.1) is 11.8 Å². The van der Waals surface area contributed by atoms with Gasteiger partial charge in [-0.25, -0.2) is 0 Å². The summed E-state index contributed by atoms with van der Waals surface area (Å²) in [5.41, 5.74) is 8.44. The number of hydrogen-bond acceptors (Lipinski definition) is 3. The van der Waals surface area contributed by atoms with Gasteiger partial charge in [0.15, 0.2) is 0 Å². The molecule has 0 saturated carbocycles. The number of ether oxygens (including phenoxy) is 1. The van der Waals surface area contributed by atoms with Crippen LogP contribution in [0.5, 0.6) is 0 Å². The Morgan fingerprint density at radius 1 is 1.40 bits per heavy atom. The minimum Gasteiger partial charge on any atom is -0.378 e. The quantitative estimate of drug-likeness (QED) is 0.893. The van der Waals surface area contributed by atoms with Crippen molar-refractivity contribution in [3.05, 3.63) is 28.2 Å². The van der Waals surface area contributed by atoms with Gasteiger partial charge >= 0.3 is 0 Å². The molecule has 0 bridgehead atoms. The van der Waals surface area contributed by atoms with Gasteiger partial charge in [-0.15, -0.1) is 0 Å². The number of benzene rings is 1. The van der Waals surface area contributed by atoms with Gasteiger partial charge in [-0.3, -0.25) is 0 Å². The lowest BCUT2D eigenvalue weighted by molar-refractivity contribution is 0.0459. The molecule has 112 valence electrons. The fourth-order valence-corrected chi connectivity index (χ4v) is 3.48. The van der Waals surface area contributed by atoms with E-state index in [0.717, 1.165) is 39.0 Å². The Balaban J connectivity index is 1.99. The van der Waals surface area contributed by atoms with E-state index in [9.17, 15) is 0 Å². The summed E-state index contributed by atoms with van der Waals surface area (Å²) in [6.45, 7) is 7.06. The highest BCUT2D eigenvalue weighted by Crippen LogP contribution is 2.30. The van der Waals surface area contributed by atoms with E-state index in [1.165, 1.54) is 15.7 Å². The van der Waals surface area contributed by atoms with Crippen molar-refractivity contribution in [2.75, 3.05) is 24.6 Å². The van der Waals surface area contributed by atoms with Crippen molar-refractivity contribution in [1.82, 2.24) is 0 Å². The summed E-state index contributed by atoms with van der Waals surface area (Å²) >= 11 is 3.70. The van der Waals surface area contributed by atoms with Crippen LogP contribution in [0.3, 0.4) is 0 Å². The van der Waals surface area contributed by atoms with Crippen LogP contribution < -0.4 is 10.6 Å². The molecule has 1 aliphatic rings. The van der Waals surface area contributed by atoms with Crippen molar-refractivity contribution >= 4 is 21.6 Å². The van der Waals surface area contributed by atoms with Gasteiger partial charge in [-0.1, -0.05) is 6.07 Å². The molecule has 1 aromatic rings. The van der Waals surface area contributed by atoms with Crippen LogP contribution in [0.1, 0.15) is 32.3 Å². The molecule has 1 atom stereocenters. The maximum absolute atomic E-state index is 5.86. The zero-order chi connectivity index (χ0) is 14.5. The zero-order valence-electron chi connectivity index (χ0n) is 12.4. The molecule has 4 heteroatoms. The number of rotatable bonds is 5. The molecule has 0 aliphatic carbocycles. The molecular weight excluding hydrogens is 316 g/mol. The van der Waals surface area contributed by atoms with Crippen LogP contribution in [0.4, 0.5) is 5.69 Å². The summed E-state index contributed by atoms with van der Waals surface area (Å²) < 4.78 is 6.88. The lowest BCUT2D eigenvalue weighted by atomic mass is 10.0. The van der Waals surface area contributed by atoms with E-state index in [4.69, 9.17) is 10.5 Å². The van der Waals surface area contributed by atoms with E-state index >= 15 is 0 Å². The van der Waals surface area contributed by atoms with Gasteiger partial charge in [0, 0.05) is 30.2 Å². The van der Waals surface area contributed by atoms with Gasteiger partial charge in [-0.2, -0.15) is 0 Å². The summed E-state index contributed by atoms with van der Waals surface area (Å²) in [6.07, 6.45) is 3.59. The highest BCUT2D eigenvalue weighted by molar-refractivity contribution is 9.10. The second-order valence-electron chi connectivity index (χ2n) is 5.61. The van der Waals surface area contributed by atoms with Crippen LogP contribution in [-0.4, -0.2) is 31.8 Å². The summed E-state index contributed by atoms with van der Waals surface area (Å²) in [7, 11) is 0. The summed E-state index contributed by atoms with van der Waals surface area (Å²) in [6, 6.07) is 6.81. The average molecular weight is 341 g/mol. The number of piperidine rings is 1. The first-order chi connectivity index (χ1) is 9.60. The molecule has 20 heavy (non-hydrogen) atoms. The molecule has 1 unspecified atom stereocenters. The van der Waals surface area contributed by atoms with Crippen molar-refractivity contribution in [3.8, 4) is 0 Å². The fraction of sp³-hybridized carbons (Fsp3) is 0.625. The molecular formula is C16H25BrN2O. The minimum atomic E-state index is 0.203. The van der Waals surface area contributed by atoms with E-state index in [1.807, 2.05) is 6.92 Å². The Bertz CT molecular complexity index is 428. The Kier molecular flexibility index (Phi) is 5.87. The second-order valence-corrected chi connectivity index (χ2v) is 6.46. The molecule has 1 aliphatic heterocycles.